The van der Waals surface area contributed by atoms with Gasteiger partial charge in [0, 0.05) is 26.1 Å². The van der Waals surface area contributed by atoms with E-state index in [0.717, 1.165) is 12.0 Å². The molecule has 1 fully saturated rings. The molecular weight excluding hydrogens is 346 g/mol. The Morgan fingerprint density at radius 2 is 1.81 bits per heavy atom. The van der Waals surface area contributed by atoms with Crippen molar-refractivity contribution in [3.63, 3.8) is 0 Å². The number of hydrogen-bond acceptors (Lipinski definition) is 4. The minimum Gasteiger partial charge on any atom is -0.480 e. The van der Waals surface area contributed by atoms with Gasteiger partial charge in [0.25, 0.3) is 0 Å². The number of amides is 2. The molecule has 0 aliphatic carbocycles. The Morgan fingerprint density at radius 1 is 1.15 bits per heavy atom. The Balaban J connectivity index is 2.11. The second-order valence-corrected chi connectivity index (χ2v) is 7.23. The SMILES string of the molecule is CC(=O)N(CC(=O)O)C1CCCN(C(=O)C(c2ccccc2)N(C)C)CC1. The molecule has 1 aliphatic rings. The summed E-state index contributed by atoms with van der Waals surface area (Å²) >= 11 is 0. The van der Waals surface area contributed by atoms with Crippen LogP contribution in [0.2, 0.25) is 0 Å². The first-order valence-electron chi connectivity index (χ1n) is 9.30. The smallest absolute Gasteiger partial charge is 0.323 e. The Morgan fingerprint density at radius 3 is 2.37 bits per heavy atom. The van der Waals surface area contributed by atoms with Gasteiger partial charge in [-0.05, 0) is 38.9 Å². The summed E-state index contributed by atoms with van der Waals surface area (Å²) in [6.07, 6.45) is 2.04. The molecule has 2 atom stereocenters. The summed E-state index contributed by atoms with van der Waals surface area (Å²) in [6.45, 7) is 2.24. The standard InChI is InChI=1S/C20H29N3O4/c1-15(24)23(14-18(25)26)17-10-7-12-22(13-11-17)20(27)19(21(2)3)16-8-5-4-6-9-16/h4-6,8-9,17,19H,7,10-14H2,1-3H3,(H,25,26). The average Bonchev–Trinajstić information content (AvgIpc) is 2.86. The van der Waals surface area contributed by atoms with Gasteiger partial charge >= 0.3 is 5.97 Å². The third kappa shape index (κ3) is 5.53. The molecule has 2 unspecified atom stereocenters. The lowest BCUT2D eigenvalue weighted by Gasteiger charge is -2.31. The number of nitrogens with zero attached hydrogens (tertiary/aromatic N) is 3. The Hall–Kier alpha value is -2.41. The van der Waals surface area contributed by atoms with E-state index in [9.17, 15) is 14.4 Å². The zero-order valence-electron chi connectivity index (χ0n) is 16.3. The van der Waals surface area contributed by atoms with E-state index in [2.05, 4.69) is 0 Å². The molecule has 1 aromatic rings. The van der Waals surface area contributed by atoms with E-state index in [-0.39, 0.29) is 30.4 Å². The van der Waals surface area contributed by atoms with E-state index in [0.29, 0.717) is 25.9 Å². The first-order chi connectivity index (χ1) is 12.8. The number of likely N-dealkylation sites (N-methyl/N-ethyl adjacent to an activating group) is 1. The van der Waals surface area contributed by atoms with Gasteiger partial charge in [0.2, 0.25) is 11.8 Å². The molecule has 0 radical (unpaired) electrons. The van der Waals surface area contributed by atoms with Gasteiger partial charge in [-0.2, -0.15) is 0 Å². The quantitative estimate of drug-likeness (QED) is 0.817. The summed E-state index contributed by atoms with van der Waals surface area (Å²) in [4.78, 5) is 41.3. The van der Waals surface area contributed by atoms with E-state index in [1.165, 1.54) is 11.8 Å². The fraction of sp³-hybridized carbons (Fsp3) is 0.550. The summed E-state index contributed by atoms with van der Waals surface area (Å²) in [5, 5.41) is 9.07. The van der Waals surface area contributed by atoms with Gasteiger partial charge in [-0.25, -0.2) is 0 Å². The van der Waals surface area contributed by atoms with Crippen LogP contribution in [0.4, 0.5) is 0 Å². The largest absolute Gasteiger partial charge is 0.480 e. The molecule has 1 N–H and O–H groups in total. The molecule has 1 aromatic carbocycles. The van der Waals surface area contributed by atoms with E-state index < -0.39 is 5.97 Å². The molecule has 1 saturated heterocycles. The van der Waals surface area contributed by atoms with Gasteiger partial charge < -0.3 is 14.9 Å². The van der Waals surface area contributed by atoms with Crippen LogP contribution in [-0.2, 0) is 14.4 Å². The molecule has 0 bridgehead atoms. The van der Waals surface area contributed by atoms with Crippen molar-refractivity contribution in [2.24, 2.45) is 0 Å². The van der Waals surface area contributed by atoms with Gasteiger partial charge in [0.15, 0.2) is 0 Å². The van der Waals surface area contributed by atoms with Crippen molar-refractivity contribution < 1.29 is 19.5 Å². The summed E-state index contributed by atoms with van der Waals surface area (Å²) < 4.78 is 0. The van der Waals surface area contributed by atoms with E-state index in [1.54, 1.807) is 0 Å². The first-order valence-corrected chi connectivity index (χ1v) is 9.30. The number of carboxylic acids is 1. The molecule has 1 aliphatic heterocycles. The fourth-order valence-corrected chi connectivity index (χ4v) is 3.72. The van der Waals surface area contributed by atoms with E-state index in [1.807, 2.05) is 54.2 Å². The molecule has 0 saturated carbocycles. The summed E-state index contributed by atoms with van der Waals surface area (Å²) in [6, 6.07) is 9.18. The lowest BCUT2D eigenvalue weighted by molar-refractivity contribution is -0.145. The highest BCUT2D eigenvalue weighted by Crippen LogP contribution is 2.24. The molecule has 2 amide bonds. The van der Waals surface area contributed by atoms with Crippen LogP contribution in [0.1, 0.15) is 37.8 Å². The monoisotopic (exact) mass is 375 g/mol. The maximum Gasteiger partial charge on any atom is 0.323 e. The van der Waals surface area contributed by atoms with Crippen molar-refractivity contribution in [1.29, 1.82) is 0 Å². The topological polar surface area (TPSA) is 81.2 Å². The lowest BCUT2D eigenvalue weighted by atomic mass is 10.0. The maximum absolute atomic E-state index is 13.2. The number of carbonyl (C=O) groups is 3. The van der Waals surface area contributed by atoms with Crippen LogP contribution in [0.15, 0.2) is 30.3 Å². The molecule has 27 heavy (non-hydrogen) atoms. The predicted molar refractivity (Wildman–Crippen MR) is 102 cm³/mol. The summed E-state index contributed by atoms with van der Waals surface area (Å²) in [5.74, 6) is -1.21. The third-order valence-electron chi connectivity index (χ3n) is 5.03. The Labute approximate surface area is 160 Å². The van der Waals surface area contributed by atoms with Crippen molar-refractivity contribution in [3.8, 4) is 0 Å². The van der Waals surface area contributed by atoms with Gasteiger partial charge in [-0.15, -0.1) is 0 Å². The maximum atomic E-state index is 13.2. The van der Waals surface area contributed by atoms with Crippen LogP contribution in [0.25, 0.3) is 0 Å². The number of rotatable bonds is 6. The average molecular weight is 375 g/mol. The zero-order chi connectivity index (χ0) is 20.0. The fourth-order valence-electron chi connectivity index (χ4n) is 3.72. The van der Waals surface area contributed by atoms with Crippen molar-refractivity contribution in [3.05, 3.63) is 35.9 Å². The number of aliphatic carboxylic acids is 1. The molecule has 148 valence electrons. The number of benzene rings is 1. The minimum atomic E-state index is -1.01. The highest BCUT2D eigenvalue weighted by molar-refractivity contribution is 5.83. The lowest BCUT2D eigenvalue weighted by Crippen LogP contribution is -2.44. The molecule has 7 nitrogen and oxygen atoms in total. The molecule has 0 spiro atoms. The third-order valence-corrected chi connectivity index (χ3v) is 5.03. The number of likely N-dealkylation sites (tertiary alicyclic amines) is 1. The number of hydrogen-bond donors (Lipinski definition) is 1. The highest BCUT2D eigenvalue weighted by atomic mass is 16.4. The summed E-state index contributed by atoms with van der Waals surface area (Å²) in [7, 11) is 3.78. The van der Waals surface area contributed by atoms with Crippen molar-refractivity contribution in [1.82, 2.24) is 14.7 Å². The number of carbonyl (C=O) groups excluding carboxylic acids is 2. The van der Waals surface area contributed by atoms with Crippen molar-refractivity contribution >= 4 is 17.8 Å². The second-order valence-electron chi connectivity index (χ2n) is 7.23. The van der Waals surface area contributed by atoms with Crippen LogP contribution in [-0.4, -0.2) is 77.4 Å². The van der Waals surface area contributed by atoms with Crippen LogP contribution < -0.4 is 0 Å². The van der Waals surface area contributed by atoms with Gasteiger partial charge in [0.1, 0.15) is 12.6 Å². The minimum absolute atomic E-state index is 0.0412. The highest BCUT2D eigenvalue weighted by Gasteiger charge is 2.31. The van der Waals surface area contributed by atoms with Crippen LogP contribution in [0, 0.1) is 0 Å². The van der Waals surface area contributed by atoms with Crippen molar-refractivity contribution in [2.45, 2.75) is 38.3 Å². The van der Waals surface area contributed by atoms with Gasteiger partial charge in [-0.3, -0.25) is 19.3 Å². The molecule has 7 heteroatoms. The molecule has 2 rings (SSSR count). The first kappa shape index (κ1) is 20.9. The van der Waals surface area contributed by atoms with Crippen LogP contribution in [0.3, 0.4) is 0 Å². The molecule has 0 aromatic heterocycles. The van der Waals surface area contributed by atoms with E-state index in [4.69, 9.17) is 5.11 Å². The second kappa shape index (κ2) is 9.50. The van der Waals surface area contributed by atoms with E-state index >= 15 is 0 Å². The Kier molecular flexibility index (Phi) is 7.36. The van der Waals surface area contributed by atoms with Crippen molar-refractivity contribution in [2.75, 3.05) is 33.7 Å². The number of carboxylic acid groups (broad SMARTS) is 1. The normalized spacial score (nSPS) is 18.7. The molecule has 1 heterocycles. The van der Waals surface area contributed by atoms with Gasteiger partial charge in [-0.1, -0.05) is 30.3 Å². The Bertz CT molecular complexity index is 662. The van der Waals surface area contributed by atoms with Crippen LogP contribution in [0.5, 0.6) is 0 Å². The summed E-state index contributed by atoms with van der Waals surface area (Å²) in [5.41, 5.74) is 0.949. The molecular formula is C20H29N3O4. The predicted octanol–water partition coefficient (Wildman–Crippen LogP) is 1.60. The van der Waals surface area contributed by atoms with Crippen LogP contribution >= 0.6 is 0 Å². The van der Waals surface area contributed by atoms with Gasteiger partial charge in [0.05, 0.1) is 0 Å². The zero-order valence-corrected chi connectivity index (χ0v) is 16.3.